The normalized spacial score (nSPS) is 12.5. The molecule has 0 spiro atoms. The van der Waals surface area contributed by atoms with Gasteiger partial charge in [0.2, 0.25) is 11.8 Å². The highest BCUT2D eigenvalue weighted by Crippen LogP contribution is 2.23. The molecule has 1 aromatic heterocycles. The van der Waals surface area contributed by atoms with Crippen LogP contribution in [0.3, 0.4) is 0 Å². The fourth-order valence-corrected chi connectivity index (χ4v) is 3.30. The topological polar surface area (TPSA) is 97.6 Å². The van der Waals surface area contributed by atoms with E-state index in [0.29, 0.717) is 30.6 Å². The average molecular weight is 419 g/mol. The number of ether oxygens (including phenoxy) is 1. The van der Waals surface area contributed by atoms with Crippen molar-refractivity contribution in [1.82, 2.24) is 20.4 Å². The molecule has 1 aromatic rings. The van der Waals surface area contributed by atoms with Crippen LogP contribution in [0.4, 0.5) is 4.79 Å². The molecule has 1 atom stereocenters. The molecule has 154 valence electrons. The number of alkyl carbamates (subject to hydrolysis) is 1. The summed E-state index contributed by atoms with van der Waals surface area (Å²) in [6.45, 7) is 10.6. The lowest BCUT2D eigenvalue weighted by Gasteiger charge is -2.22. The van der Waals surface area contributed by atoms with Gasteiger partial charge in [0, 0.05) is 13.1 Å². The number of hydrogen-bond donors (Lipinski definition) is 1. The van der Waals surface area contributed by atoms with E-state index in [1.54, 1.807) is 37.4 Å². The molecule has 0 unspecified atom stereocenters. The molecule has 0 saturated carbocycles. The molecule has 27 heavy (non-hydrogen) atoms. The fraction of sp³-hybridized carbons (Fsp3) is 0.765. The zero-order valence-corrected chi connectivity index (χ0v) is 18.5. The van der Waals surface area contributed by atoms with Crippen LogP contribution in [-0.4, -0.2) is 63.5 Å². The SMILES string of the molecule is CCN(CC)C(=O)CSc1nnc([C@H](CCSC)NC(=O)OC(C)(C)C)o1. The first-order chi connectivity index (χ1) is 12.7. The third-order valence-electron chi connectivity index (χ3n) is 3.46. The number of nitrogens with zero attached hydrogens (tertiary/aromatic N) is 3. The van der Waals surface area contributed by atoms with E-state index in [2.05, 4.69) is 15.5 Å². The first-order valence-corrected chi connectivity index (χ1v) is 11.3. The van der Waals surface area contributed by atoms with Crippen LogP contribution in [0.1, 0.15) is 53.0 Å². The highest BCUT2D eigenvalue weighted by molar-refractivity contribution is 7.99. The summed E-state index contributed by atoms with van der Waals surface area (Å²) in [6, 6.07) is -0.437. The van der Waals surface area contributed by atoms with Gasteiger partial charge in [-0.15, -0.1) is 10.2 Å². The minimum absolute atomic E-state index is 0.0237. The Morgan fingerprint density at radius 2 is 1.93 bits per heavy atom. The molecule has 0 aliphatic carbocycles. The quantitative estimate of drug-likeness (QED) is 0.578. The van der Waals surface area contributed by atoms with E-state index in [1.165, 1.54) is 11.8 Å². The van der Waals surface area contributed by atoms with Crippen molar-refractivity contribution < 1.29 is 18.7 Å². The Morgan fingerprint density at radius 3 is 2.48 bits per heavy atom. The maximum absolute atomic E-state index is 12.1. The van der Waals surface area contributed by atoms with Crippen LogP contribution >= 0.6 is 23.5 Å². The van der Waals surface area contributed by atoms with Gasteiger partial charge in [-0.05, 0) is 53.0 Å². The first kappa shape index (κ1) is 23.6. The highest BCUT2D eigenvalue weighted by Gasteiger charge is 2.24. The lowest BCUT2D eigenvalue weighted by molar-refractivity contribution is -0.127. The fourth-order valence-electron chi connectivity index (χ4n) is 2.15. The van der Waals surface area contributed by atoms with Crippen LogP contribution < -0.4 is 5.32 Å². The van der Waals surface area contributed by atoms with Crippen molar-refractivity contribution in [2.45, 2.75) is 57.9 Å². The van der Waals surface area contributed by atoms with E-state index in [4.69, 9.17) is 9.15 Å². The van der Waals surface area contributed by atoms with Gasteiger partial charge in [-0.25, -0.2) is 4.79 Å². The first-order valence-electron chi connectivity index (χ1n) is 8.92. The molecular formula is C17H30N4O4S2. The van der Waals surface area contributed by atoms with E-state index in [0.717, 1.165) is 5.75 Å². The molecule has 0 fully saturated rings. The van der Waals surface area contributed by atoms with Crippen molar-refractivity contribution in [3.63, 3.8) is 0 Å². The maximum Gasteiger partial charge on any atom is 0.408 e. The minimum atomic E-state index is -0.589. The largest absolute Gasteiger partial charge is 0.444 e. The molecule has 0 saturated heterocycles. The summed E-state index contributed by atoms with van der Waals surface area (Å²) in [4.78, 5) is 25.9. The second kappa shape index (κ2) is 11.4. The van der Waals surface area contributed by atoms with Crippen molar-refractivity contribution in [3.8, 4) is 0 Å². The highest BCUT2D eigenvalue weighted by atomic mass is 32.2. The standard InChI is InChI=1S/C17H30N4O4S2/c1-7-21(8-2)13(22)11-27-16-20-19-14(24-16)12(9-10-26-6)18-15(23)25-17(3,4)5/h12H,7-11H2,1-6H3,(H,18,23)/t12-/m0/s1. The summed E-state index contributed by atoms with van der Waals surface area (Å²) in [5.74, 6) is 1.38. The number of carbonyl (C=O) groups excluding carboxylic acids is 2. The number of carbonyl (C=O) groups is 2. The number of thioether (sulfide) groups is 2. The van der Waals surface area contributed by atoms with Gasteiger partial charge in [-0.3, -0.25) is 4.79 Å². The van der Waals surface area contributed by atoms with Gasteiger partial charge in [-0.2, -0.15) is 11.8 Å². The summed E-state index contributed by atoms with van der Waals surface area (Å²) in [6.07, 6.45) is 2.08. The van der Waals surface area contributed by atoms with Crippen molar-refractivity contribution in [3.05, 3.63) is 5.89 Å². The lowest BCUT2D eigenvalue weighted by atomic mass is 10.2. The van der Waals surface area contributed by atoms with Crippen LogP contribution in [0.5, 0.6) is 0 Å². The van der Waals surface area contributed by atoms with Crippen LogP contribution in [0.25, 0.3) is 0 Å². The van der Waals surface area contributed by atoms with Crippen molar-refractivity contribution in [2.24, 2.45) is 0 Å². The number of amides is 2. The molecule has 0 radical (unpaired) electrons. The van der Waals surface area contributed by atoms with Gasteiger partial charge in [0.25, 0.3) is 5.22 Å². The van der Waals surface area contributed by atoms with Crippen molar-refractivity contribution in [2.75, 3.05) is 30.9 Å². The van der Waals surface area contributed by atoms with E-state index >= 15 is 0 Å². The summed E-state index contributed by atoms with van der Waals surface area (Å²) < 4.78 is 11.0. The maximum atomic E-state index is 12.1. The Labute approximate surface area is 169 Å². The van der Waals surface area contributed by atoms with Crippen LogP contribution in [0.2, 0.25) is 0 Å². The summed E-state index contributed by atoms with van der Waals surface area (Å²) in [7, 11) is 0. The molecule has 0 aliphatic heterocycles. The van der Waals surface area contributed by atoms with Gasteiger partial charge in [0.1, 0.15) is 11.6 Å². The Bertz CT molecular complexity index is 600. The molecule has 2 amide bonds. The van der Waals surface area contributed by atoms with Gasteiger partial charge >= 0.3 is 6.09 Å². The molecule has 10 heteroatoms. The van der Waals surface area contributed by atoms with E-state index in [9.17, 15) is 9.59 Å². The molecule has 1 heterocycles. The molecule has 1 N–H and O–H groups in total. The number of hydrogen-bond acceptors (Lipinski definition) is 8. The van der Waals surface area contributed by atoms with Gasteiger partial charge in [0.15, 0.2) is 0 Å². The number of rotatable bonds is 10. The van der Waals surface area contributed by atoms with Gasteiger partial charge < -0.3 is 19.4 Å². The Kier molecular flexibility index (Phi) is 10.00. The number of nitrogens with one attached hydrogen (secondary N) is 1. The minimum Gasteiger partial charge on any atom is -0.444 e. The predicted octanol–water partition coefficient (Wildman–Crippen LogP) is 3.35. The van der Waals surface area contributed by atoms with Crippen LogP contribution in [-0.2, 0) is 9.53 Å². The molecule has 8 nitrogen and oxygen atoms in total. The molecule has 1 rings (SSSR count). The molecule has 0 aromatic carbocycles. The second-order valence-electron chi connectivity index (χ2n) is 6.74. The smallest absolute Gasteiger partial charge is 0.408 e. The van der Waals surface area contributed by atoms with E-state index in [-0.39, 0.29) is 11.7 Å². The Morgan fingerprint density at radius 1 is 1.26 bits per heavy atom. The van der Waals surface area contributed by atoms with Crippen LogP contribution in [0.15, 0.2) is 9.64 Å². The average Bonchev–Trinajstić information content (AvgIpc) is 3.05. The molecular weight excluding hydrogens is 388 g/mol. The summed E-state index contributed by atoms with van der Waals surface area (Å²) in [5.41, 5.74) is -0.589. The Hall–Kier alpha value is -1.42. The molecule has 0 aliphatic rings. The number of aromatic nitrogens is 2. The van der Waals surface area contributed by atoms with E-state index < -0.39 is 17.7 Å². The third kappa shape index (κ3) is 8.87. The van der Waals surface area contributed by atoms with Gasteiger partial charge in [-0.1, -0.05) is 11.8 Å². The van der Waals surface area contributed by atoms with Crippen molar-refractivity contribution in [1.29, 1.82) is 0 Å². The van der Waals surface area contributed by atoms with Gasteiger partial charge in [0.05, 0.1) is 5.75 Å². The monoisotopic (exact) mass is 418 g/mol. The Balaban J connectivity index is 2.72. The zero-order chi connectivity index (χ0) is 20.4. The zero-order valence-electron chi connectivity index (χ0n) is 16.9. The summed E-state index contributed by atoms with van der Waals surface area (Å²) in [5, 5.41) is 11.1. The predicted molar refractivity (Wildman–Crippen MR) is 108 cm³/mol. The second-order valence-corrected chi connectivity index (χ2v) is 8.65. The third-order valence-corrected chi connectivity index (χ3v) is 4.90. The lowest BCUT2D eigenvalue weighted by Crippen LogP contribution is -2.35. The van der Waals surface area contributed by atoms with Crippen molar-refractivity contribution >= 4 is 35.5 Å². The van der Waals surface area contributed by atoms with Crippen LogP contribution in [0, 0.1) is 0 Å². The summed E-state index contributed by atoms with van der Waals surface area (Å²) >= 11 is 2.85. The molecule has 0 bridgehead atoms. The van der Waals surface area contributed by atoms with E-state index in [1.807, 2.05) is 20.1 Å².